The first kappa shape index (κ1) is 19.1. The number of rotatable bonds is 5. The molecule has 2 aliphatic rings. The van der Waals surface area contributed by atoms with Gasteiger partial charge in [-0.1, -0.05) is 40.5 Å². The number of aliphatic hydroxyl groups is 1. The molecule has 0 aromatic rings. The molecule has 0 radical (unpaired) electrons. The maximum atomic E-state index is 10.5. The molecule has 132 valence electrons. The third-order valence-corrected chi connectivity index (χ3v) is 7.60. The molecule has 1 nitrogen and oxygen atoms in total. The predicted molar refractivity (Wildman–Crippen MR) is 104 cm³/mol. The predicted octanol–water partition coefficient (Wildman–Crippen LogP) is 4.33. The van der Waals surface area contributed by atoms with E-state index in [9.17, 15) is 5.11 Å². The summed E-state index contributed by atoms with van der Waals surface area (Å²) in [5.74, 6) is 8.97. The highest BCUT2D eigenvalue weighted by Crippen LogP contribution is 2.61. The van der Waals surface area contributed by atoms with E-state index in [1.165, 1.54) is 48.8 Å². The van der Waals surface area contributed by atoms with E-state index in [1.807, 2.05) is 0 Å². The summed E-state index contributed by atoms with van der Waals surface area (Å²) in [6.07, 6.45) is 10.7. The van der Waals surface area contributed by atoms with Crippen LogP contribution in [0.5, 0.6) is 0 Å². The van der Waals surface area contributed by atoms with Crippen molar-refractivity contribution in [3.63, 3.8) is 0 Å². The Morgan fingerprint density at radius 1 is 1.26 bits per heavy atom. The Hall–Kier alpha value is -0.263. The maximum absolute atomic E-state index is 10.5. The monoisotopic (exact) mass is 334 g/mol. The highest BCUT2D eigenvalue weighted by atomic mass is 28.1. The van der Waals surface area contributed by atoms with Gasteiger partial charge in [0.1, 0.15) is 0 Å². The van der Waals surface area contributed by atoms with Gasteiger partial charge in [0.05, 0.1) is 6.10 Å². The van der Waals surface area contributed by atoms with Crippen LogP contribution in [0.25, 0.3) is 0 Å². The van der Waals surface area contributed by atoms with E-state index < -0.39 is 0 Å². The van der Waals surface area contributed by atoms with Gasteiger partial charge in [0.2, 0.25) is 0 Å². The topological polar surface area (TPSA) is 20.2 Å². The van der Waals surface area contributed by atoms with Gasteiger partial charge >= 0.3 is 0 Å². The summed E-state index contributed by atoms with van der Waals surface area (Å²) < 4.78 is 0. The number of unbranched alkanes of at least 4 members (excludes halogenated alkanes) is 2. The Balaban J connectivity index is 2.14. The van der Waals surface area contributed by atoms with Crippen LogP contribution in [0.4, 0.5) is 0 Å². The summed E-state index contributed by atoms with van der Waals surface area (Å²) in [5, 5.41) is 10.9. The highest BCUT2D eigenvalue weighted by molar-refractivity contribution is 6.14. The molecule has 0 spiro atoms. The molecule has 0 heterocycles. The second-order valence-corrected chi connectivity index (χ2v) is 12.0. The van der Waals surface area contributed by atoms with Gasteiger partial charge in [0.15, 0.2) is 0 Å². The second-order valence-electron chi connectivity index (χ2n) is 9.39. The first-order valence-corrected chi connectivity index (χ1v) is 10.9. The SMILES string of the molecule is CCCCC#CCC([C@H]1CC[C@H]2[C@@H](O)CCC[C@]12C)C(C)(C)[SiH3]. The molecule has 0 saturated heterocycles. The minimum Gasteiger partial charge on any atom is -0.393 e. The smallest absolute Gasteiger partial charge is 0.0573 e. The molecule has 2 aliphatic carbocycles. The van der Waals surface area contributed by atoms with Crippen LogP contribution in [-0.4, -0.2) is 21.5 Å². The van der Waals surface area contributed by atoms with Crippen LogP contribution in [0.15, 0.2) is 0 Å². The van der Waals surface area contributed by atoms with E-state index in [4.69, 9.17) is 0 Å². The molecular weight excluding hydrogens is 296 g/mol. The van der Waals surface area contributed by atoms with Gasteiger partial charge in [-0.3, -0.25) is 0 Å². The number of hydrogen-bond acceptors (Lipinski definition) is 1. The van der Waals surface area contributed by atoms with Crippen molar-refractivity contribution in [1.29, 1.82) is 0 Å². The number of fused-ring (bicyclic) bond motifs is 1. The Kier molecular flexibility index (Phi) is 6.42. The van der Waals surface area contributed by atoms with Crippen molar-refractivity contribution in [2.45, 2.75) is 96.6 Å². The number of aliphatic hydroxyl groups excluding tert-OH is 1. The van der Waals surface area contributed by atoms with Gasteiger partial charge in [0, 0.05) is 23.1 Å². The Labute approximate surface area is 147 Å². The van der Waals surface area contributed by atoms with Crippen LogP contribution in [-0.2, 0) is 0 Å². The van der Waals surface area contributed by atoms with E-state index in [1.54, 1.807) is 0 Å². The van der Waals surface area contributed by atoms with Crippen LogP contribution >= 0.6 is 0 Å². The standard InChI is InChI=1S/C21H38OSi/c1-5-6-7-8-9-11-16(20(2,3)23)17-13-14-18-19(22)12-10-15-21(17,18)4/h16-19,22H,5-7,10-15H2,1-4,23H3/t16?,17-,18+,19+,21-/m1/s1. The van der Waals surface area contributed by atoms with Crippen LogP contribution in [0.1, 0.15) is 85.5 Å². The zero-order valence-corrected chi connectivity index (χ0v) is 18.1. The quantitative estimate of drug-likeness (QED) is 0.451. The lowest BCUT2D eigenvalue weighted by Gasteiger charge is -2.48. The van der Waals surface area contributed by atoms with Crippen molar-refractivity contribution in [2.24, 2.45) is 23.2 Å². The zero-order chi connectivity index (χ0) is 17.1. The molecular formula is C21H38OSi. The van der Waals surface area contributed by atoms with Gasteiger partial charge in [-0.25, -0.2) is 0 Å². The van der Waals surface area contributed by atoms with Gasteiger partial charge in [-0.15, -0.1) is 11.8 Å². The highest BCUT2D eigenvalue weighted by Gasteiger charge is 2.54. The summed E-state index contributed by atoms with van der Waals surface area (Å²) in [6.45, 7) is 9.63. The second kappa shape index (κ2) is 7.75. The lowest BCUT2D eigenvalue weighted by atomic mass is 9.59. The molecule has 0 aromatic carbocycles. The fourth-order valence-electron chi connectivity index (χ4n) is 5.44. The maximum Gasteiger partial charge on any atom is 0.0573 e. The minimum absolute atomic E-state index is 0.0488. The lowest BCUT2D eigenvalue weighted by molar-refractivity contribution is -0.0318. The van der Waals surface area contributed by atoms with Gasteiger partial charge < -0.3 is 5.11 Å². The third-order valence-electron chi connectivity index (χ3n) is 6.86. The average molecular weight is 335 g/mol. The van der Waals surface area contributed by atoms with Crippen molar-refractivity contribution in [3.05, 3.63) is 0 Å². The molecule has 0 aliphatic heterocycles. The molecule has 1 N–H and O–H groups in total. The summed E-state index contributed by atoms with van der Waals surface area (Å²) in [6, 6.07) is 0. The molecule has 2 rings (SSSR count). The molecule has 0 aromatic heterocycles. The fraction of sp³-hybridized carbons (Fsp3) is 0.905. The van der Waals surface area contributed by atoms with Crippen molar-refractivity contribution in [1.82, 2.24) is 0 Å². The normalized spacial score (nSPS) is 35.4. The van der Waals surface area contributed by atoms with Gasteiger partial charge in [-0.2, -0.15) is 0 Å². The lowest BCUT2D eigenvalue weighted by Crippen LogP contribution is -2.43. The average Bonchev–Trinajstić information content (AvgIpc) is 2.80. The van der Waals surface area contributed by atoms with Crippen LogP contribution < -0.4 is 0 Å². The summed E-state index contributed by atoms with van der Waals surface area (Å²) in [4.78, 5) is 0. The molecule has 2 saturated carbocycles. The zero-order valence-electron chi connectivity index (χ0n) is 16.1. The van der Waals surface area contributed by atoms with Crippen molar-refractivity contribution >= 4 is 10.2 Å². The first-order chi connectivity index (χ1) is 10.8. The van der Waals surface area contributed by atoms with E-state index in [0.29, 0.717) is 22.3 Å². The van der Waals surface area contributed by atoms with Gasteiger partial charge in [0.25, 0.3) is 0 Å². The van der Waals surface area contributed by atoms with E-state index >= 15 is 0 Å². The fourth-order valence-corrected chi connectivity index (χ4v) is 6.04. The molecule has 2 heteroatoms. The summed E-state index contributed by atoms with van der Waals surface area (Å²) >= 11 is 0. The van der Waals surface area contributed by atoms with Crippen molar-refractivity contribution < 1.29 is 5.11 Å². The molecule has 0 bridgehead atoms. The molecule has 23 heavy (non-hydrogen) atoms. The molecule has 2 fully saturated rings. The largest absolute Gasteiger partial charge is 0.393 e. The van der Waals surface area contributed by atoms with E-state index in [2.05, 4.69) is 39.5 Å². The Bertz CT molecular complexity index is 441. The van der Waals surface area contributed by atoms with Crippen LogP contribution in [0, 0.1) is 35.0 Å². The Morgan fingerprint density at radius 3 is 2.65 bits per heavy atom. The van der Waals surface area contributed by atoms with E-state index in [-0.39, 0.29) is 6.10 Å². The molecule has 5 atom stereocenters. The van der Waals surface area contributed by atoms with Crippen LogP contribution in [0.2, 0.25) is 5.04 Å². The molecule has 0 amide bonds. The summed E-state index contributed by atoms with van der Waals surface area (Å²) in [5.41, 5.74) is 0.356. The summed E-state index contributed by atoms with van der Waals surface area (Å²) in [7, 11) is 1.22. The van der Waals surface area contributed by atoms with Crippen molar-refractivity contribution in [3.8, 4) is 11.8 Å². The molecule has 1 unspecified atom stereocenters. The van der Waals surface area contributed by atoms with Crippen molar-refractivity contribution in [2.75, 3.05) is 0 Å². The minimum atomic E-state index is -0.0488. The van der Waals surface area contributed by atoms with Gasteiger partial charge in [-0.05, 0) is 60.3 Å². The first-order valence-electron chi connectivity index (χ1n) is 9.94. The third kappa shape index (κ3) is 4.23. The van der Waals surface area contributed by atoms with E-state index in [0.717, 1.165) is 25.2 Å². The van der Waals surface area contributed by atoms with Crippen LogP contribution in [0.3, 0.4) is 0 Å². The number of hydrogen-bond donors (Lipinski definition) is 1. The Morgan fingerprint density at radius 2 is 2.00 bits per heavy atom.